The van der Waals surface area contributed by atoms with Crippen LogP contribution >= 0.6 is 0 Å². The molecule has 0 bridgehead atoms. The van der Waals surface area contributed by atoms with Gasteiger partial charge < -0.3 is 0 Å². The summed E-state index contributed by atoms with van der Waals surface area (Å²) in [5.74, 6) is 2.22. The van der Waals surface area contributed by atoms with Crippen LogP contribution in [0.2, 0.25) is 5.82 Å². The van der Waals surface area contributed by atoms with Crippen molar-refractivity contribution in [3.63, 3.8) is 0 Å². The van der Waals surface area contributed by atoms with E-state index in [2.05, 4.69) is 36.2 Å². The van der Waals surface area contributed by atoms with Crippen LogP contribution < -0.4 is 4.46 Å². The van der Waals surface area contributed by atoms with Crippen molar-refractivity contribution >= 4 is 19.4 Å². The van der Waals surface area contributed by atoms with Gasteiger partial charge in [0, 0.05) is 0 Å². The molecule has 0 radical (unpaired) electrons. The Labute approximate surface area is 56.1 Å². The van der Waals surface area contributed by atoms with E-state index in [1.165, 1.54) is 4.46 Å². The Morgan fingerprint density at radius 3 is 2.12 bits per heavy atom. The van der Waals surface area contributed by atoms with Crippen molar-refractivity contribution in [3.05, 3.63) is 30.3 Å². The zero-order chi connectivity index (χ0) is 5.82. The second kappa shape index (κ2) is 2.91. The van der Waals surface area contributed by atoms with E-state index < -0.39 is 0 Å². The zero-order valence-electron chi connectivity index (χ0n) is 4.79. The van der Waals surface area contributed by atoms with Crippen molar-refractivity contribution < 1.29 is 0 Å². The molecule has 1 aromatic rings. The summed E-state index contributed by atoms with van der Waals surface area (Å²) < 4.78 is 1.47. The molecule has 8 heavy (non-hydrogen) atoms. The van der Waals surface area contributed by atoms with E-state index in [1.54, 1.807) is 0 Å². The number of hydrogen-bond donors (Lipinski definition) is 0. The summed E-state index contributed by atoms with van der Waals surface area (Å²) in [5, 5.41) is 0. The molecule has 0 spiro atoms. The summed E-state index contributed by atoms with van der Waals surface area (Å²) in [5.41, 5.74) is 0. The molecule has 0 heterocycles. The molecular weight excluding hydrogens is 163 g/mol. The number of hydrogen-bond acceptors (Lipinski definition) is 0. The first-order valence-corrected chi connectivity index (χ1v) is 5.09. The predicted octanol–water partition coefficient (Wildman–Crippen LogP) is 1.06. The fourth-order valence-corrected chi connectivity index (χ4v) is 1.46. The zero-order valence-corrected chi connectivity index (χ0v) is 6.51. The van der Waals surface area contributed by atoms with Crippen LogP contribution in [0.15, 0.2) is 30.3 Å². The van der Waals surface area contributed by atoms with Crippen molar-refractivity contribution in [1.29, 1.82) is 0 Å². The monoisotopic (exact) mass is 172 g/mol. The van der Waals surface area contributed by atoms with Crippen molar-refractivity contribution in [2.45, 2.75) is 5.82 Å². The maximum atomic E-state index is 2.22. The third kappa shape index (κ3) is 1.36. The Morgan fingerprint density at radius 2 is 1.75 bits per heavy atom. The Morgan fingerprint density at radius 1 is 1.12 bits per heavy atom. The van der Waals surface area contributed by atoms with E-state index in [0.717, 1.165) is 0 Å². The molecule has 0 saturated carbocycles. The molecule has 0 amide bonds. The van der Waals surface area contributed by atoms with Gasteiger partial charge in [0.1, 0.15) is 0 Å². The minimum atomic E-state index is 0.668. The fraction of sp³-hybridized carbons (Fsp3) is 0.143. The van der Waals surface area contributed by atoms with Gasteiger partial charge >= 0.3 is 55.6 Å². The Bertz CT molecular complexity index is 146. The predicted molar refractivity (Wildman–Crippen MR) is 37.7 cm³/mol. The van der Waals surface area contributed by atoms with Crippen molar-refractivity contribution in [1.82, 2.24) is 0 Å². The van der Waals surface area contributed by atoms with E-state index in [-0.39, 0.29) is 0 Å². The molecule has 0 atom stereocenters. The summed E-state index contributed by atoms with van der Waals surface area (Å²) in [4.78, 5) is 0. The molecule has 0 aromatic heterocycles. The molecule has 0 nitrogen and oxygen atoms in total. The van der Waals surface area contributed by atoms with Crippen molar-refractivity contribution in [3.8, 4) is 0 Å². The van der Waals surface area contributed by atoms with Crippen LogP contribution in [-0.2, 0) is 0 Å². The molecule has 0 unspecified atom stereocenters. The van der Waals surface area contributed by atoms with Crippen LogP contribution in [0.3, 0.4) is 0 Å². The van der Waals surface area contributed by atoms with Gasteiger partial charge in [-0.3, -0.25) is 0 Å². The standard InChI is InChI=1S/C7H8Se/c1-8-7-5-3-2-4-6-7/h2-6H,1H3. The van der Waals surface area contributed by atoms with Gasteiger partial charge in [-0.05, 0) is 0 Å². The molecule has 0 fully saturated rings. The Hall–Kier alpha value is -0.261. The molecule has 0 aliphatic heterocycles. The summed E-state index contributed by atoms with van der Waals surface area (Å²) >= 11 is 0.668. The quantitative estimate of drug-likeness (QED) is 0.554. The third-order valence-electron chi connectivity index (χ3n) is 0.979. The van der Waals surface area contributed by atoms with Gasteiger partial charge in [-0.1, -0.05) is 0 Å². The summed E-state index contributed by atoms with van der Waals surface area (Å²) in [6, 6.07) is 10.6. The average molecular weight is 171 g/mol. The average Bonchev–Trinajstić information content (AvgIpc) is 1.90. The first-order chi connectivity index (χ1) is 3.93. The van der Waals surface area contributed by atoms with E-state index in [9.17, 15) is 0 Å². The van der Waals surface area contributed by atoms with E-state index in [0.29, 0.717) is 15.0 Å². The normalized spacial score (nSPS) is 9.12. The molecule has 0 aliphatic carbocycles. The molecule has 0 N–H and O–H groups in total. The van der Waals surface area contributed by atoms with Crippen LogP contribution in [0.4, 0.5) is 0 Å². The van der Waals surface area contributed by atoms with Crippen LogP contribution in [0.1, 0.15) is 0 Å². The molecule has 1 heteroatoms. The first-order valence-electron chi connectivity index (χ1n) is 2.52. The minimum absolute atomic E-state index is 0.668. The van der Waals surface area contributed by atoms with Crippen LogP contribution in [0, 0.1) is 0 Å². The molecule has 0 aliphatic rings. The van der Waals surface area contributed by atoms with Gasteiger partial charge in [-0.15, -0.1) is 0 Å². The fourth-order valence-electron chi connectivity index (χ4n) is 0.557. The van der Waals surface area contributed by atoms with Crippen molar-refractivity contribution in [2.24, 2.45) is 0 Å². The first kappa shape index (κ1) is 5.87. The summed E-state index contributed by atoms with van der Waals surface area (Å²) in [7, 11) is 0. The van der Waals surface area contributed by atoms with Gasteiger partial charge in [0.2, 0.25) is 0 Å². The van der Waals surface area contributed by atoms with Crippen LogP contribution in [-0.4, -0.2) is 15.0 Å². The molecule has 42 valence electrons. The van der Waals surface area contributed by atoms with Gasteiger partial charge in [0.25, 0.3) is 0 Å². The number of rotatable bonds is 1. The molecule has 0 saturated heterocycles. The van der Waals surface area contributed by atoms with Gasteiger partial charge in [-0.25, -0.2) is 0 Å². The van der Waals surface area contributed by atoms with E-state index >= 15 is 0 Å². The summed E-state index contributed by atoms with van der Waals surface area (Å²) in [6.45, 7) is 0. The summed E-state index contributed by atoms with van der Waals surface area (Å²) in [6.07, 6.45) is 0. The maximum absolute atomic E-state index is 2.22. The third-order valence-corrected chi connectivity index (χ3v) is 2.54. The molecule has 1 aromatic carbocycles. The SMILES string of the molecule is C[Se]c1ccccc1. The van der Waals surface area contributed by atoms with E-state index in [4.69, 9.17) is 0 Å². The molecule has 1 rings (SSSR count). The second-order valence-electron chi connectivity index (χ2n) is 1.52. The van der Waals surface area contributed by atoms with Gasteiger partial charge in [-0.2, -0.15) is 0 Å². The Kier molecular flexibility index (Phi) is 2.13. The van der Waals surface area contributed by atoms with Crippen LogP contribution in [0.5, 0.6) is 0 Å². The van der Waals surface area contributed by atoms with Gasteiger partial charge in [0.05, 0.1) is 0 Å². The topological polar surface area (TPSA) is 0 Å². The van der Waals surface area contributed by atoms with E-state index in [1.807, 2.05) is 0 Å². The second-order valence-corrected chi connectivity index (χ2v) is 3.36. The number of benzene rings is 1. The molecular formula is C7H8Se. The Balaban J connectivity index is 2.83. The van der Waals surface area contributed by atoms with Gasteiger partial charge in [0.15, 0.2) is 0 Å². The van der Waals surface area contributed by atoms with Crippen molar-refractivity contribution in [2.75, 3.05) is 0 Å². The van der Waals surface area contributed by atoms with Crippen LogP contribution in [0.25, 0.3) is 0 Å².